The number of carbonyl (C=O) groups excluding carboxylic acids is 1. The first-order valence-corrected chi connectivity index (χ1v) is 7.96. The lowest BCUT2D eigenvalue weighted by atomic mass is 10.0. The fraction of sp³-hybridized carbons (Fsp3) is 0.214. The van der Waals surface area contributed by atoms with Gasteiger partial charge in [-0.1, -0.05) is 0 Å². The number of fused-ring (bicyclic) bond motifs is 1. The molecule has 0 atom stereocenters. The Bertz CT molecular complexity index is 766. The second kappa shape index (κ2) is 5.34. The number of rotatable bonds is 4. The van der Waals surface area contributed by atoms with Gasteiger partial charge >= 0.3 is 0 Å². The Hall–Kier alpha value is -2.12. The molecule has 0 saturated heterocycles. The molecule has 1 aliphatic heterocycles. The molecule has 1 aromatic heterocycles. The van der Waals surface area contributed by atoms with Gasteiger partial charge in [-0.15, -0.1) is 0 Å². The average molecular weight is 306 g/mol. The highest BCUT2D eigenvalue weighted by Gasteiger charge is 2.19. The number of aryl methyl sites for hydroxylation is 1. The number of hydrogen-bond acceptors (Lipinski definition) is 4. The third-order valence-electron chi connectivity index (χ3n) is 3.33. The Labute approximate surface area is 122 Å². The molecule has 0 fully saturated rings. The van der Waals surface area contributed by atoms with Crippen LogP contribution < -0.4 is 10.0 Å². The van der Waals surface area contributed by atoms with E-state index in [1.807, 2.05) is 0 Å². The monoisotopic (exact) mass is 306 g/mol. The fourth-order valence-electron chi connectivity index (χ4n) is 2.18. The van der Waals surface area contributed by atoms with E-state index in [4.69, 9.17) is 4.42 Å². The van der Waals surface area contributed by atoms with Gasteiger partial charge in [0.1, 0.15) is 0 Å². The van der Waals surface area contributed by atoms with Gasteiger partial charge in [0.05, 0.1) is 17.4 Å². The summed E-state index contributed by atoms with van der Waals surface area (Å²) in [5, 5.41) is 2.73. The van der Waals surface area contributed by atoms with Crippen LogP contribution in [0.5, 0.6) is 0 Å². The molecule has 2 heterocycles. The quantitative estimate of drug-likeness (QED) is 0.899. The number of furan rings is 1. The van der Waals surface area contributed by atoms with Crippen molar-refractivity contribution in [2.75, 3.05) is 5.32 Å². The summed E-state index contributed by atoms with van der Waals surface area (Å²) in [7, 11) is -3.59. The second-order valence-corrected chi connectivity index (χ2v) is 6.59. The van der Waals surface area contributed by atoms with Crippen LogP contribution in [0.15, 0.2) is 46.1 Å². The van der Waals surface area contributed by atoms with Crippen molar-refractivity contribution in [3.05, 3.63) is 47.9 Å². The van der Waals surface area contributed by atoms with Crippen molar-refractivity contribution >= 4 is 21.6 Å². The highest BCUT2D eigenvalue weighted by molar-refractivity contribution is 7.89. The minimum absolute atomic E-state index is 0.0452. The maximum Gasteiger partial charge on any atom is 0.240 e. The lowest BCUT2D eigenvalue weighted by Gasteiger charge is -2.17. The summed E-state index contributed by atoms with van der Waals surface area (Å²) in [5.74, 6) is -0.0452. The zero-order chi connectivity index (χ0) is 14.9. The fourth-order valence-corrected chi connectivity index (χ4v) is 3.25. The summed E-state index contributed by atoms with van der Waals surface area (Å²) in [6.45, 7) is 0.173. The number of benzene rings is 1. The van der Waals surface area contributed by atoms with E-state index in [2.05, 4.69) is 10.0 Å². The molecule has 7 heteroatoms. The maximum absolute atomic E-state index is 12.2. The molecular weight excluding hydrogens is 292 g/mol. The van der Waals surface area contributed by atoms with Crippen molar-refractivity contribution in [2.24, 2.45) is 0 Å². The Balaban J connectivity index is 1.81. The lowest BCUT2D eigenvalue weighted by Crippen LogP contribution is -2.24. The van der Waals surface area contributed by atoms with E-state index < -0.39 is 10.0 Å². The Morgan fingerprint density at radius 1 is 1.24 bits per heavy atom. The summed E-state index contributed by atoms with van der Waals surface area (Å²) < 4.78 is 31.9. The molecular formula is C14H14N2O4S. The number of nitrogens with one attached hydrogen (secondary N) is 2. The smallest absolute Gasteiger partial charge is 0.240 e. The normalized spacial score (nSPS) is 14.6. The summed E-state index contributed by atoms with van der Waals surface area (Å²) in [4.78, 5) is 11.5. The van der Waals surface area contributed by atoms with Crippen molar-refractivity contribution in [3.8, 4) is 0 Å². The molecule has 110 valence electrons. The highest BCUT2D eigenvalue weighted by atomic mass is 32.2. The Morgan fingerprint density at radius 3 is 2.86 bits per heavy atom. The van der Waals surface area contributed by atoms with Gasteiger partial charge < -0.3 is 9.73 Å². The largest absolute Gasteiger partial charge is 0.472 e. The molecule has 21 heavy (non-hydrogen) atoms. The Morgan fingerprint density at radius 2 is 2.10 bits per heavy atom. The number of hydrogen-bond donors (Lipinski definition) is 2. The summed E-state index contributed by atoms with van der Waals surface area (Å²) >= 11 is 0. The topological polar surface area (TPSA) is 88.4 Å². The summed E-state index contributed by atoms with van der Waals surface area (Å²) in [6, 6.07) is 6.42. The van der Waals surface area contributed by atoms with E-state index in [9.17, 15) is 13.2 Å². The maximum atomic E-state index is 12.2. The van der Waals surface area contributed by atoms with E-state index in [1.165, 1.54) is 18.6 Å². The van der Waals surface area contributed by atoms with Gasteiger partial charge in [0, 0.05) is 24.2 Å². The minimum atomic E-state index is -3.59. The second-order valence-electron chi connectivity index (χ2n) is 4.82. The molecule has 3 rings (SSSR count). The molecule has 0 saturated carbocycles. The van der Waals surface area contributed by atoms with Crippen LogP contribution in [0.25, 0.3) is 0 Å². The first-order chi connectivity index (χ1) is 10.0. The van der Waals surface area contributed by atoms with Crippen LogP contribution in [0.4, 0.5) is 5.69 Å². The van der Waals surface area contributed by atoms with Gasteiger partial charge in [-0.25, -0.2) is 13.1 Å². The van der Waals surface area contributed by atoms with E-state index in [0.717, 1.165) is 11.1 Å². The van der Waals surface area contributed by atoms with Gasteiger partial charge in [0.15, 0.2) is 0 Å². The van der Waals surface area contributed by atoms with Crippen molar-refractivity contribution in [3.63, 3.8) is 0 Å². The molecule has 1 amide bonds. The van der Waals surface area contributed by atoms with Crippen LogP contribution in [-0.2, 0) is 27.8 Å². The minimum Gasteiger partial charge on any atom is -0.472 e. The molecule has 1 aliphatic rings. The zero-order valence-corrected chi connectivity index (χ0v) is 11.9. The van der Waals surface area contributed by atoms with Gasteiger partial charge in [-0.05, 0) is 36.2 Å². The summed E-state index contributed by atoms with van der Waals surface area (Å²) in [5.41, 5.74) is 2.27. The van der Waals surface area contributed by atoms with Crippen molar-refractivity contribution in [1.82, 2.24) is 4.72 Å². The van der Waals surface area contributed by atoms with Crippen LogP contribution in [0.2, 0.25) is 0 Å². The standard InChI is InChI=1S/C14H14N2O4S/c17-14-4-1-11-7-12(2-3-13(11)16-14)21(18,19)15-8-10-5-6-20-9-10/h2-3,5-7,9,15H,1,4,8H2,(H,16,17). The predicted molar refractivity (Wildman–Crippen MR) is 76.1 cm³/mol. The number of anilines is 1. The summed E-state index contributed by atoms with van der Waals surface area (Å²) in [6.07, 6.45) is 3.90. The van der Waals surface area contributed by atoms with Gasteiger partial charge in [-0.2, -0.15) is 0 Å². The molecule has 2 aromatic rings. The molecule has 0 spiro atoms. The van der Waals surface area contributed by atoms with Crippen LogP contribution in [-0.4, -0.2) is 14.3 Å². The first kappa shape index (κ1) is 13.8. The average Bonchev–Trinajstić information content (AvgIpc) is 2.98. The van der Waals surface area contributed by atoms with Gasteiger partial charge in [0.2, 0.25) is 15.9 Å². The third-order valence-corrected chi connectivity index (χ3v) is 4.73. The Kier molecular flexibility index (Phi) is 3.52. The molecule has 6 nitrogen and oxygen atoms in total. The predicted octanol–water partition coefficient (Wildman–Crippen LogP) is 1.64. The third kappa shape index (κ3) is 2.98. The number of amides is 1. The van der Waals surface area contributed by atoms with Crippen LogP contribution in [0, 0.1) is 0 Å². The van der Waals surface area contributed by atoms with E-state index in [1.54, 1.807) is 18.2 Å². The van der Waals surface area contributed by atoms with Crippen LogP contribution in [0.1, 0.15) is 17.5 Å². The van der Waals surface area contributed by atoms with Crippen molar-refractivity contribution in [2.45, 2.75) is 24.3 Å². The van der Waals surface area contributed by atoms with Crippen LogP contribution >= 0.6 is 0 Å². The van der Waals surface area contributed by atoms with E-state index >= 15 is 0 Å². The molecule has 1 aromatic carbocycles. The number of carbonyl (C=O) groups is 1. The van der Waals surface area contributed by atoms with E-state index in [0.29, 0.717) is 18.5 Å². The van der Waals surface area contributed by atoms with Crippen molar-refractivity contribution < 1.29 is 17.6 Å². The van der Waals surface area contributed by atoms with E-state index in [-0.39, 0.29) is 17.3 Å². The molecule has 2 N–H and O–H groups in total. The molecule has 0 radical (unpaired) electrons. The molecule has 0 bridgehead atoms. The molecule has 0 unspecified atom stereocenters. The van der Waals surface area contributed by atoms with Gasteiger partial charge in [-0.3, -0.25) is 4.79 Å². The van der Waals surface area contributed by atoms with Crippen molar-refractivity contribution in [1.29, 1.82) is 0 Å². The zero-order valence-electron chi connectivity index (χ0n) is 11.1. The number of sulfonamides is 1. The van der Waals surface area contributed by atoms with Gasteiger partial charge in [0.25, 0.3) is 0 Å². The van der Waals surface area contributed by atoms with Crippen LogP contribution in [0.3, 0.4) is 0 Å². The first-order valence-electron chi connectivity index (χ1n) is 6.48. The highest BCUT2D eigenvalue weighted by Crippen LogP contribution is 2.25. The lowest BCUT2D eigenvalue weighted by molar-refractivity contribution is -0.116. The SMILES string of the molecule is O=C1CCc2cc(S(=O)(=O)NCc3ccoc3)ccc2N1. The molecule has 0 aliphatic carbocycles.